The van der Waals surface area contributed by atoms with E-state index in [1.54, 1.807) is 0 Å². The molecule has 4 heteroatoms. The van der Waals surface area contributed by atoms with Crippen molar-refractivity contribution in [3.05, 3.63) is 24.3 Å². The lowest BCUT2D eigenvalue weighted by Crippen LogP contribution is -2.46. The van der Waals surface area contributed by atoms with Gasteiger partial charge in [-0.2, -0.15) is 0 Å². The zero-order valence-corrected chi connectivity index (χ0v) is 9.89. The van der Waals surface area contributed by atoms with E-state index >= 15 is 0 Å². The first-order valence-electron chi connectivity index (χ1n) is 6.13. The SMILES string of the molecule is CCCCN1CCNCC1c1ncccn1. The van der Waals surface area contributed by atoms with Gasteiger partial charge in [-0.3, -0.25) is 4.90 Å². The van der Waals surface area contributed by atoms with Crippen molar-refractivity contribution in [3.8, 4) is 0 Å². The van der Waals surface area contributed by atoms with Gasteiger partial charge in [0.1, 0.15) is 5.82 Å². The summed E-state index contributed by atoms with van der Waals surface area (Å²) in [6.07, 6.45) is 6.15. The molecular weight excluding hydrogens is 200 g/mol. The number of piperazine rings is 1. The summed E-state index contributed by atoms with van der Waals surface area (Å²) in [6, 6.07) is 2.22. The molecule has 1 unspecified atom stereocenters. The molecule has 1 aliphatic rings. The highest BCUT2D eigenvalue weighted by Gasteiger charge is 2.24. The van der Waals surface area contributed by atoms with Crippen LogP contribution in [0.15, 0.2) is 18.5 Å². The number of hydrogen-bond acceptors (Lipinski definition) is 4. The highest BCUT2D eigenvalue weighted by Crippen LogP contribution is 2.18. The molecule has 16 heavy (non-hydrogen) atoms. The third-order valence-electron chi connectivity index (χ3n) is 3.04. The van der Waals surface area contributed by atoms with E-state index in [-0.39, 0.29) is 0 Å². The van der Waals surface area contributed by atoms with Crippen LogP contribution in [0.3, 0.4) is 0 Å². The van der Waals surface area contributed by atoms with Gasteiger partial charge in [-0.1, -0.05) is 13.3 Å². The van der Waals surface area contributed by atoms with Crippen LogP contribution >= 0.6 is 0 Å². The average molecular weight is 220 g/mol. The Morgan fingerprint density at radius 2 is 2.25 bits per heavy atom. The Kier molecular flexibility index (Phi) is 4.25. The summed E-state index contributed by atoms with van der Waals surface area (Å²) < 4.78 is 0. The topological polar surface area (TPSA) is 41.0 Å². The Bertz CT molecular complexity index is 301. The summed E-state index contributed by atoms with van der Waals surface area (Å²) in [6.45, 7) is 6.53. The molecule has 4 nitrogen and oxygen atoms in total. The Morgan fingerprint density at radius 1 is 1.44 bits per heavy atom. The molecule has 1 aromatic rings. The molecule has 1 aliphatic heterocycles. The van der Waals surface area contributed by atoms with Gasteiger partial charge in [-0.05, 0) is 19.0 Å². The van der Waals surface area contributed by atoms with E-state index in [4.69, 9.17) is 0 Å². The van der Waals surface area contributed by atoms with Gasteiger partial charge in [0, 0.05) is 32.0 Å². The lowest BCUT2D eigenvalue weighted by Gasteiger charge is -2.35. The van der Waals surface area contributed by atoms with Crippen LogP contribution in [0.4, 0.5) is 0 Å². The normalized spacial score (nSPS) is 22.2. The fourth-order valence-electron chi connectivity index (χ4n) is 2.11. The fraction of sp³-hybridized carbons (Fsp3) is 0.667. The number of nitrogens with one attached hydrogen (secondary N) is 1. The summed E-state index contributed by atoms with van der Waals surface area (Å²) >= 11 is 0. The molecule has 1 aromatic heterocycles. The van der Waals surface area contributed by atoms with Crippen molar-refractivity contribution in [2.24, 2.45) is 0 Å². The Morgan fingerprint density at radius 3 is 3.00 bits per heavy atom. The van der Waals surface area contributed by atoms with Gasteiger partial charge < -0.3 is 5.32 Å². The maximum Gasteiger partial charge on any atom is 0.146 e. The highest BCUT2D eigenvalue weighted by molar-refractivity contribution is 4.99. The van der Waals surface area contributed by atoms with Gasteiger partial charge in [0.2, 0.25) is 0 Å². The summed E-state index contributed by atoms with van der Waals surface area (Å²) in [5.74, 6) is 0.950. The Hall–Kier alpha value is -1.00. The van der Waals surface area contributed by atoms with Crippen LogP contribution in [0, 0.1) is 0 Å². The van der Waals surface area contributed by atoms with Crippen LogP contribution in [0.2, 0.25) is 0 Å². The van der Waals surface area contributed by atoms with Crippen LogP contribution in [0.1, 0.15) is 31.6 Å². The summed E-state index contributed by atoms with van der Waals surface area (Å²) in [7, 11) is 0. The third-order valence-corrected chi connectivity index (χ3v) is 3.04. The molecule has 2 heterocycles. The first-order chi connectivity index (χ1) is 7.92. The molecular formula is C12H20N4. The smallest absolute Gasteiger partial charge is 0.146 e. The zero-order chi connectivity index (χ0) is 11.2. The van der Waals surface area contributed by atoms with E-state index in [0.717, 1.165) is 32.0 Å². The van der Waals surface area contributed by atoms with Crippen LogP contribution in [-0.4, -0.2) is 41.0 Å². The molecule has 2 rings (SSSR count). The molecule has 88 valence electrons. The van der Waals surface area contributed by atoms with E-state index in [9.17, 15) is 0 Å². The van der Waals surface area contributed by atoms with Gasteiger partial charge in [0.15, 0.2) is 0 Å². The first-order valence-corrected chi connectivity index (χ1v) is 6.13. The van der Waals surface area contributed by atoms with E-state index in [2.05, 4.69) is 27.1 Å². The van der Waals surface area contributed by atoms with E-state index in [0.29, 0.717) is 6.04 Å². The second kappa shape index (κ2) is 5.92. The fourth-order valence-corrected chi connectivity index (χ4v) is 2.11. The van der Waals surface area contributed by atoms with Crippen LogP contribution in [0.25, 0.3) is 0 Å². The molecule has 1 fully saturated rings. The molecule has 0 bridgehead atoms. The van der Waals surface area contributed by atoms with E-state index < -0.39 is 0 Å². The predicted molar refractivity (Wildman–Crippen MR) is 64.1 cm³/mol. The number of nitrogens with zero attached hydrogens (tertiary/aromatic N) is 3. The van der Waals surface area contributed by atoms with Gasteiger partial charge in [-0.15, -0.1) is 0 Å². The first kappa shape index (κ1) is 11.5. The monoisotopic (exact) mass is 220 g/mol. The summed E-state index contributed by atoms with van der Waals surface area (Å²) in [5.41, 5.74) is 0. The summed E-state index contributed by atoms with van der Waals surface area (Å²) in [4.78, 5) is 11.2. The van der Waals surface area contributed by atoms with Gasteiger partial charge >= 0.3 is 0 Å². The third kappa shape index (κ3) is 2.77. The number of unbranched alkanes of at least 4 members (excludes halogenated alkanes) is 1. The van der Waals surface area contributed by atoms with Crippen molar-refractivity contribution in [3.63, 3.8) is 0 Å². The molecule has 0 saturated carbocycles. The van der Waals surface area contributed by atoms with Crippen molar-refractivity contribution in [1.82, 2.24) is 20.2 Å². The van der Waals surface area contributed by atoms with Gasteiger partial charge in [0.05, 0.1) is 6.04 Å². The minimum Gasteiger partial charge on any atom is -0.313 e. The average Bonchev–Trinajstić information content (AvgIpc) is 2.38. The number of rotatable bonds is 4. The molecule has 0 aromatic carbocycles. The highest BCUT2D eigenvalue weighted by atomic mass is 15.2. The molecule has 0 amide bonds. The van der Waals surface area contributed by atoms with Crippen molar-refractivity contribution in [2.75, 3.05) is 26.2 Å². The minimum absolute atomic E-state index is 0.349. The maximum atomic E-state index is 4.37. The Balaban J connectivity index is 2.04. The van der Waals surface area contributed by atoms with E-state index in [1.807, 2.05) is 18.5 Å². The molecule has 1 N–H and O–H groups in total. The van der Waals surface area contributed by atoms with E-state index in [1.165, 1.54) is 12.8 Å². The summed E-state index contributed by atoms with van der Waals surface area (Å²) in [5, 5.41) is 3.42. The number of hydrogen-bond donors (Lipinski definition) is 1. The predicted octanol–water partition coefficient (Wildman–Crippen LogP) is 1.22. The minimum atomic E-state index is 0.349. The van der Waals surface area contributed by atoms with Gasteiger partial charge in [-0.25, -0.2) is 9.97 Å². The van der Waals surface area contributed by atoms with Crippen molar-refractivity contribution in [2.45, 2.75) is 25.8 Å². The standard InChI is InChI=1S/C12H20N4/c1-2-3-8-16-9-7-13-10-11(16)12-14-5-4-6-15-12/h4-6,11,13H,2-3,7-10H2,1H3. The van der Waals surface area contributed by atoms with Crippen LogP contribution < -0.4 is 5.32 Å². The van der Waals surface area contributed by atoms with Crippen molar-refractivity contribution < 1.29 is 0 Å². The molecule has 1 atom stereocenters. The molecule has 0 radical (unpaired) electrons. The van der Waals surface area contributed by atoms with Crippen LogP contribution in [-0.2, 0) is 0 Å². The second-order valence-corrected chi connectivity index (χ2v) is 4.22. The van der Waals surface area contributed by atoms with Crippen LogP contribution in [0.5, 0.6) is 0 Å². The second-order valence-electron chi connectivity index (χ2n) is 4.22. The maximum absolute atomic E-state index is 4.37. The quantitative estimate of drug-likeness (QED) is 0.828. The largest absolute Gasteiger partial charge is 0.313 e. The zero-order valence-electron chi connectivity index (χ0n) is 9.89. The lowest BCUT2D eigenvalue weighted by atomic mass is 10.1. The molecule has 1 saturated heterocycles. The number of aromatic nitrogens is 2. The van der Waals surface area contributed by atoms with Crippen molar-refractivity contribution in [1.29, 1.82) is 0 Å². The Labute approximate surface area is 97.1 Å². The molecule has 0 aliphatic carbocycles. The van der Waals surface area contributed by atoms with Crippen molar-refractivity contribution >= 4 is 0 Å². The lowest BCUT2D eigenvalue weighted by molar-refractivity contribution is 0.153. The van der Waals surface area contributed by atoms with Gasteiger partial charge in [0.25, 0.3) is 0 Å². The molecule has 0 spiro atoms.